The molecule has 6 heteroatoms. The molecule has 0 aliphatic carbocycles. The summed E-state index contributed by atoms with van der Waals surface area (Å²) < 4.78 is 1.14. The first-order chi connectivity index (χ1) is 8.65. The third-order valence-corrected chi connectivity index (χ3v) is 4.54. The van der Waals surface area contributed by atoms with Gasteiger partial charge in [-0.25, -0.2) is 0 Å². The van der Waals surface area contributed by atoms with E-state index in [1.54, 1.807) is 11.3 Å². The lowest BCUT2D eigenvalue weighted by atomic mass is 10.3. The summed E-state index contributed by atoms with van der Waals surface area (Å²) in [6.45, 7) is 4.80. The van der Waals surface area contributed by atoms with Crippen LogP contribution in [-0.4, -0.2) is 55.5 Å². The SMILES string of the molecule is CN(CC(=O)N1CCNCC1)Cc1ccc(Br)s1. The number of amides is 1. The number of thiophene rings is 1. The van der Waals surface area contributed by atoms with E-state index in [-0.39, 0.29) is 5.91 Å². The minimum absolute atomic E-state index is 0.231. The number of nitrogens with zero attached hydrogens (tertiary/aromatic N) is 2. The van der Waals surface area contributed by atoms with Crippen molar-refractivity contribution >= 4 is 33.2 Å². The lowest BCUT2D eigenvalue weighted by Gasteiger charge is -2.29. The molecule has 1 aliphatic rings. The van der Waals surface area contributed by atoms with Gasteiger partial charge in [0.2, 0.25) is 5.91 Å². The van der Waals surface area contributed by atoms with E-state index in [0.717, 1.165) is 36.5 Å². The molecule has 1 aromatic heterocycles. The fraction of sp³-hybridized carbons (Fsp3) is 0.583. The smallest absolute Gasteiger partial charge is 0.236 e. The maximum atomic E-state index is 12.1. The number of likely N-dealkylation sites (N-methyl/N-ethyl adjacent to an activating group) is 1. The van der Waals surface area contributed by atoms with Crippen LogP contribution in [0.3, 0.4) is 0 Å². The number of rotatable bonds is 4. The van der Waals surface area contributed by atoms with Gasteiger partial charge in [0.05, 0.1) is 10.3 Å². The van der Waals surface area contributed by atoms with E-state index < -0.39 is 0 Å². The van der Waals surface area contributed by atoms with Crippen molar-refractivity contribution in [3.05, 3.63) is 20.8 Å². The Balaban J connectivity index is 1.79. The van der Waals surface area contributed by atoms with Crippen LogP contribution in [-0.2, 0) is 11.3 Å². The first-order valence-electron chi connectivity index (χ1n) is 6.06. The molecule has 0 aromatic carbocycles. The summed E-state index contributed by atoms with van der Waals surface area (Å²) in [7, 11) is 1.99. The zero-order valence-corrected chi connectivity index (χ0v) is 12.9. The normalized spacial score (nSPS) is 16.3. The van der Waals surface area contributed by atoms with Crippen molar-refractivity contribution < 1.29 is 4.79 Å². The second kappa shape index (κ2) is 6.65. The van der Waals surface area contributed by atoms with E-state index in [1.807, 2.05) is 18.0 Å². The van der Waals surface area contributed by atoms with Crippen molar-refractivity contribution in [2.75, 3.05) is 39.8 Å². The Morgan fingerprint density at radius 1 is 1.50 bits per heavy atom. The number of hydrogen-bond donors (Lipinski definition) is 1. The molecule has 1 N–H and O–H groups in total. The first-order valence-corrected chi connectivity index (χ1v) is 7.67. The Bertz CT molecular complexity index is 404. The second-order valence-electron chi connectivity index (χ2n) is 4.51. The average Bonchev–Trinajstić information content (AvgIpc) is 2.75. The molecule has 100 valence electrons. The van der Waals surface area contributed by atoms with Crippen molar-refractivity contribution in [3.63, 3.8) is 0 Å². The highest BCUT2D eigenvalue weighted by atomic mass is 79.9. The fourth-order valence-electron chi connectivity index (χ4n) is 2.00. The average molecular weight is 332 g/mol. The van der Waals surface area contributed by atoms with Crippen molar-refractivity contribution in [2.45, 2.75) is 6.54 Å². The maximum absolute atomic E-state index is 12.1. The number of carbonyl (C=O) groups excluding carboxylic acids is 1. The molecule has 0 bridgehead atoms. The van der Waals surface area contributed by atoms with Gasteiger partial charge in [-0.05, 0) is 35.1 Å². The van der Waals surface area contributed by atoms with Crippen molar-refractivity contribution in [3.8, 4) is 0 Å². The van der Waals surface area contributed by atoms with Gasteiger partial charge in [-0.15, -0.1) is 11.3 Å². The monoisotopic (exact) mass is 331 g/mol. The summed E-state index contributed by atoms with van der Waals surface area (Å²) in [6.07, 6.45) is 0. The molecule has 0 spiro atoms. The van der Waals surface area contributed by atoms with Gasteiger partial charge in [-0.2, -0.15) is 0 Å². The molecule has 2 heterocycles. The second-order valence-corrected chi connectivity index (χ2v) is 7.06. The molecular formula is C12H18BrN3OS. The molecule has 1 aromatic rings. The third kappa shape index (κ3) is 4.05. The van der Waals surface area contributed by atoms with Gasteiger partial charge in [-0.3, -0.25) is 9.69 Å². The third-order valence-electron chi connectivity index (χ3n) is 2.93. The minimum atomic E-state index is 0.231. The summed E-state index contributed by atoms with van der Waals surface area (Å²) in [5.41, 5.74) is 0. The van der Waals surface area contributed by atoms with Crippen molar-refractivity contribution in [1.82, 2.24) is 15.1 Å². The van der Waals surface area contributed by atoms with Gasteiger partial charge in [0, 0.05) is 37.6 Å². The highest BCUT2D eigenvalue weighted by Crippen LogP contribution is 2.22. The molecule has 1 saturated heterocycles. The summed E-state index contributed by atoms with van der Waals surface area (Å²) in [4.78, 5) is 17.3. The van der Waals surface area contributed by atoms with Crippen LogP contribution in [0.15, 0.2) is 15.9 Å². The zero-order valence-electron chi connectivity index (χ0n) is 10.5. The molecule has 18 heavy (non-hydrogen) atoms. The molecule has 1 amide bonds. The van der Waals surface area contributed by atoms with Crippen LogP contribution < -0.4 is 5.32 Å². The lowest BCUT2D eigenvalue weighted by molar-refractivity contribution is -0.132. The summed E-state index contributed by atoms with van der Waals surface area (Å²) in [6, 6.07) is 4.15. The van der Waals surface area contributed by atoms with Crippen molar-refractivity contribution in [2.24, 2.45) is 0 Å². The highest BCUT2D eigenvalue weighted by Gasteiger charge is 2.17. The van der Waals surface area contributed by atoms with Crippen LogP contribution in [0.2, 0.25) is 0 Å². The Morgan fingerprint density at radius 2 is 2.22 bits per heavy atom. The number of piperazine rings is 1. The molecule has 0 saturated carbocycles. The van der Waals surface area contributed by atoms with Gasteiger partial charge in [-0.1, -0.05) is 0 Å². The van der Waals surface area contributed by atoms with Gasteiger partial charge in [0.15, 0.2) is 0 Å². The lowest BCUT2D eigenvalue weighted by Crippen LogP contribution is -2.49. The predicted octanol–water partition coefficient (Wildman–Crippen LogP) is 1.37. The molecule has 0 unspecified atom stereocenters. The van der Waals surface area contributed by atoms with E-state index in [9.17, 15) is 4.79 Å². The number of halogens is 1. The Labute approximate surface area is 120 Å². The molecular weight excluding hydrogens is 314 g/mol. The molecule has 2 rings (SSSR count). The minimum Gasteiger partial charge on any atom is -0.339 e. The van der Waals surface area contributed by atoms with Gasteiger partial charge >= 0.3 is 0 Å². The number of carbonyl (C=O) groups is 1. The van der Waals surface area contributed by atoms with Crippen LogP contribution in [0.25, 0.3) is 0 Å². The molecule has 1 fully saturated rings. The van der Waals surface area contributed by atoms with Crippen LogP contribution in [0.5, 0.6) is 0 Å². The standard InChI is InChI=1S/C12H18BrN3OS/c1-15(8-10-2-3-11(13)18-10)9-12(17)16-6-4-14-5-7-16/h2-3,14H,4-9H2,1H3. The first kappa shape index (κ1) is 14.0. The Morgan fingerprint density at radius 3 is 2.83 bits per heavy atom. The number of nitrogens with one attached hydrogen (secondary N) is 1. The predicted molar refractivity (Wildman–Crippen MR) is 77.8 cm³/mol. The van der Waals surface area contributed by atoms with E-state index in [2.05, 4.69) is 32.2 Å². The van der Waals surface area contributed by atoms with E-state index in [1.165, 1.54) is 4.88 Å². The molecule has 0 atom stereocenters. The Kier molecular flexibility index (Phi) is 5.17. The van der Waals surface area contributed by atoms with Gasteiger partial charge in [0.25, 0.3) is 0 Å². The summed E-state index contributed by atoms with van der Waals surface area (Å²) >= 11 is 5.17. The van der Waals surface area contributed by atoms with Gasteiger partial charge in [0.1, 0.15) is 0 Å². The van der Waals surface area contributed by atoms with E-state index in [4.69, 9.17) is 0 Å². The molecule has 0 radical (unpaired) electrons. The highest BCUT2D eigenvalue weighted by molar-refractivity contribution is 9.11. The maximum Gasteiger partial charge on any atom is 0.236 e. The van der Waals surface area contributed by atoms with Gasteiger partial charge < -0.3 is 10.2 Å². The Hall–Kier alpha value is -0.430. The van der Waals surface area contributed by atoms with Crippen LogP contribution >= 0.6 is 27.3 Å². The largest absolute Gasteiger partial charge is 0.339 e. The van der Waals surface area contributed by atoms with Crippen LogP contribution in [0, 0.1) is 0 Å². The van der Waals surface area contributed by atoms with Crippen LogP contribution in [0.1, 0.15) is 4.88 Å². The molecule has 1 aliphatic heterocycles. The zero-order chi connectivity index (χ0) is 13.0. The molecule has 4 nitrogen and oxygen atoms in total. The number of hydrogen-bond acceptors (Lipinski definition) is 4. The fourth-order valence-corrected chi connectivity index (χ4v) is 3.57. The summed E-state index contributed by atoms with van der Waals surface area (Å²) in [5, 5.41) is 3.25. The van der Waals surface area contributed by atoms with Crippen molar-refractivity contribution in [1.29, 1.82) is 0 Å². The van der Waals surface area contributed by atoms with E-state index in [0.29, 0.717) is 6.54 Å². The summed E-state index contributed by atoms with van der Waals surface area (Å²) in [5.74, 6) is 0.231. The van der Waals surface area contributed by atoms with E-state index >= 15 is 0 Å². The van der Waals surface area contributed by atoms with Crippen LogP contribution in [0.4, 0.5) is 0 Å². The topological polar surface area (TPSA) is 35.6 Å². The quantitative estimate of drug-likeness (QED) is 0.905.